The van der Waals surface area contributed by atoms with Crippen molar-refractivity contribution in [2.45, 2.75) is 6.42 Å². The number of carboxylic acid groups (broad SMARTS) is 1. The van der Waals surface area contributed by atoms with E-state index in [4.69, 9.17) is 33.0 Å². The molecule has 6 nitrogen and oxygen atoms in total. The summed E-state index contributed by atoms with van der Waals surface area (Å²) in [4.78, 5) is 14.7. The van der Waals surface area contributed by atoms with Crippen molar-refractivity contribution < 1.29 is 14.6 Å². The summed E-state index contributed by atoms with van der Waals surface area (Å²) < 4.78 is 5.42. The minimum atomic E-state index is -0.997. The molecule has 0 amide bonds. The van der Waals surface area contributed by atoms with Crippen molar-refractivity contribution in [2.75, 3.05) is 7.11 Å². The number of halogens is 2. The molecule has 0 aliphatic carbocycles. The monoisotopic (exact) mass is 465 g/mol. The second-order valence-corrected chi connectivity index (χ2v) is 7.77. The van der Waals surface area contributed by atoms with Crippen LogP contribution in [0.5, 0.6) is 5.75 Å². The van der Waals surface area contributed by atoms with E-state index >= 15 is 0 Å². The molecule has 4 rings (SSSR count). The Hall–Kier alpha value is -3.48. The first-order valence-corrected chi connectivity index (χ1v) is 10.3. The van der Waals surface area contributed by atoms with E-state index in [1.807, 2.05) is 42.5 Å². The molecule has 2 heterocycles. The number of nitrogens with zero attached hydrogens (tertiary/aromatic N) is 3. The lowest BCUT2D eigenvalue weighted by atomic mass is 9.99. The first-order chi connectivity index (χ1) is 15.5. The van der Waals surface area contributed by atoms with Crippen LogP contribution in [0.1, 0.15) is 16.8 Å². The Balaban J connectivity index is 1.81. The van der Waals surface area contributed by atoms with Gasteiger partial charge in [0.25, 0.3) is 0 Å². The molecule has 0 aliphatic heterocycles. The topological polar surface area (TPSA) is 85.2 Å². The molecule has 1 N–H and O–H groups in total. The fraction of sp³-hybridized carbons (Fsp3) is 0.0833. The van der Waals surface area contributed by atoms with E-state index < -0.39 is 5.97 Å². The van der Waals surface area contributed by atoms with Crippen molar-refractivity contribution in [3.8, 4) is 17.0 Å². The highest BCUT2D eigenvalue weighted by Crippen LogP contribution is 2.33. The number of ether oxygens (including phenoxy) is 1. The van der Waals surface area contributed by atoms with Gasteiger partial charge in [0, 0.05) is 41.2 Å². The van der Waals surface area contributed by atoms with Crippen molar-refractivity contribution >= 4 is 46.0 Å². The molecule has 0 radical (unpaired) electrons. The lowest BCUT2D eigenvalue weighted by Gasteiger charge is -2.12. The molecule has 0 unspecified atom stereocenters. The van der Waals surface area contributed by atoms with E-state index in [0.717, 1.165) is 39.2 Å². The fourth-order valence-electron chi connectivity index (χ4n) is 3.35. The second-order valence-electron chi connectivity index (χ2n) is 6.96. The van der Waals surface area contributed by atoms with E-state index in [2.05, 4.69) is 15.2 Å². The maximum absolute atomic E-state index is 10.7. The van der Waals surface area contributed by atoms with E-state index in [0.29, 0.717) is 27.9 Å². The number of fused-ring (bicyclic) bond motifs is 1. The van der Waals surface area contributed by atoms with Gasteiger partial charge in [-0.1, -0.05) is 47.5 Å². The highest BCUT2D eigenvalue weighted by Gasteiger charge is 2.15. The predicted octanol–water partition coefficient (Wildman–Crippen LogP) is 5.70. The van der Waals surface area contributed by atoms with Crippen molar-refractivity contribution in [2.24, 2.45) is 0 Å². The van der Waals surface area contributed by atoms with Crippen LogP contribution in [-0.2, 0) is 11.2 Å². The molecule has 8 heteroatoms. The standard InChI is InChI=1S/C24H17Cl2N3O3/c1-32-16-7-8-17-18(10-16)24(15-5-2-14(3-6-15)4-9-23(30)31)29-28-22(17)11-19-20(25)12-27-13-21(19)26/h2-10,12-13H,11H2,1H3,(H,30,31)/b9-4+. The van der Waals surface area contributed by atoms with Gasteiger partial charge in [-0.2, -0.15) is 5.10 Å². The number of hydrogen-bond donors (Lipinski definition) is 1. The Labute approximate surface area is 194 Å². The van der Waals surface area contributed by atoms with Crippen LogP contribution >= 0.6 is 23.2 Å². The molecule has 0 fully saturated rings. The number of benzene rings is 2. The molecule has 32 heavy (non-hydrogen) atoms. The zero-order chi connectivity index (χ0) is 22.7. The largest absolute Gasteiger partial charge is 0.497 e. The molecule has 2 aromatic heterocycles. The Kier molecular flexibility index (Phi) is 6.35. The molecule has 4 aromatic rings. The first-order valence-electron chi connectivity index (χ1n) is 9.59. The second kappa shape index (κ2) is 9.34. The van der Waals surface area contributed by atoms with Crippen LogP contribution in [0.25, 0.3) is 28.1 Å². The van der Waals surface area contributed by atoms with Crippen LogP contribution < -0.4 is 4.74 Å². The number of carboxylic acids is 1. The zero-order valence-corrected chi connectivity index (χ0v) is 18.4. The lowest BCUT2D eigenvalue weighted by Crippen LogP contribution is -2.01. The minimum absolute atomic E-state index is 0.398. The van der Waals surface area contributed by atoms with Gasteiger partial charge in [-0.25, -0.2) is 4.79 Å². The zero-order valence-electron chi connectivity index (χ0n) is 16.9. The summed E-state index contributed by atoms with van der Waals surface area (Å²) in [5.41, 5.74) is 3.75. The molecule has 0 saturated carbocycles. The lowest BCUT2D eigenvalue weighted by molar-refractivity contribution is -0.131. The van der Waals surface area contributed by atoms with Gasteiger partial charge >= 0.3 is 5.97 Å². The Morgan fingerprint density at radius 1 is 1.03 bits per heavy atom. The summed E-state index contributed by atoms with van der Waals surface area (Å²) in [7, 11) is 1.61. The van der Waals surface area contributed by atoms with Crippen LogP contribution in [0.15, 0.2) is 60.9 Å². The Morgan fingerprint density at radius 3 is 2.41 bits per heavy atom. The van der Waals surface area contributed by atoms with Gasteiger partial charge in [-0.15, -0.1) is 5.10 Å². The van der Waals surface area contributed by atoms with E-state index in [-0.39, 0.29) is 0 Å². The minimum Gasteiger partial charge on any atom is -0.497 e. The number of pyridine rings is 1. The van der Waals surface area contributed by atoms with Crippen LogP contribution in [0.2, 0.25) is 10.0 Å². The molecule has 0 spiro atoms. The Bertz CT molecular complexity index is 1320. The third-order valence-electron chi connectivity index (χ3n) is 4.96. The molecular weight excluding hydrogens is 449 g/mol. The van der Waals surface area contributed by atoms with Gasteiger partial charge in [0.2, 0.25) is 0 Å². The van der Waals surface area contributed by atoms with E-state index in [1.54, 1.807) is 19.5 Å². The van der Waals surface area contributed by atoms with Gasteiger partial charge in [-0.3, -0.25) is 4.98 Å². The van der Waals surface area contributed by atoms with Gasteiger partial charge in [0.15, 0.2) is 0 Å². The average molecular weight is 466 g/mol. The number of rotatable bonds is 6. The fourth-order valence-corrected chi connectivity index (χ4v) is 3.85. The van der Waals surface area contributed by atoms with Crippen LogP contribution in [0.4, 0.5) is 0 Å². The molecule has 0 bridgehead atoms. The van der Waals surface area contributed by atoms with Gasteiger partial charge in [0.1, 0.15) is 11.4 Å². The third kappa shape index (κ3) is 4.56. The predicted molar refractivity (Wildman–Crippen MR) is 125 cm³/mol. The number of carbonyl (C=O) groups is 1. The molecular formula is C24H17Cl2N3O3. The maximum Gasteiger partial charge on any atom is 0.328 e. The highest BCUT2D eigenvalue weighted by atomic mass is 35.5. The number of methoxy groups -OCH3 is 1. The average Bonchev–Trinajstić information content (AvgIpc) is 2.80. The van der Waals surface area contributed by atoms with Crippen molar-refractivity contribution in [1.82, 2.24) is 15.2 Å². The molecule has 2 aromatic carbocycles. The Morgan fingerprint density at radius 2 is 1.75 bits per heavy atom. The summed E-state index contributed by atoms with van der Waals surface area (Å²) in [5.74, 6) is -0.304. The number of hydrogen-bond acceptors (Lipinski definition) is 5. The van der Waals surface area contributed by atoms with Crippen molar-refractivity contribution in [1.29, 1.82) is 0 Å². The smallest absolute Gasteiger partial charge is 0.328 e. The summed E-state index contributed by atoms with van der Waals surface area (Å²) in [6.45, 7) is 0. The van der Waals surface area contributed by atoms with E-state index in [9.17, 15) is 4.79 Å². The third-order valence-corrected chi connectivity index (χ3v) is 5.61. The summed E-state index contributed by atoms with van der Waals surface area (Å²) in [6.07, 6.45) is 6.13. The highest BCUT2D eigenvalue weighted by molar-refractivity contribution is 6.35. The van der Waals surface area contributed by atoms with Crippen LogP contribution in [-0.4, -0.2) is 33.4 Å². The molecule has 0 saturated heterocycles. The maximum atomic E-state index is 10.7. The molecule has 160 valence electrons. The summed E-state index contributed by atoms with van der Waals surface area (Å²) in [6, 6.07) is 13.1. The van der Waals surface area contributed by atoms with Gasteiger partial charge in [-0.05, 0) is 35.4 Å². The number of aromatic nitrogens is 3. The van der Waals surface area contributed by atoms with E-state index in [1.165, 1.54) is 6.08 Å². The summed E-state index contributed by atoms with van der Waals surface area (Å²) >= 11 is 12.6. The SMILES string of the molecule is COc1ccc2c(Cc3c(Cl)cncc3Cl)nnc(-c3ccc(/C=C/C(=O)O)cc3)c2c1. The normalized spacial score (nSPS) is 11.2. The van der Waals surface area contributed by atoms with Crippen LogP contribution in [0.3, 0.4) is 0 Å². The van der Waals surface area contributed by atoms with Crippen LogP contribution in [0, 0.1) is 0 Å². The van der Waals surface area contributed by atoms with Crippen molar-refractivity contribution in [3.05, 3.63) is 87.8 Å². The summed E-state index contributed by atoms with van der Waals surface area (Å²) in [5, 5.41) is 20.5. The molecule has 0 atom stereocenters. The first kappa shape index (κ1) is 21.7. The quantitative estimate of drug-likeness (QED) is 0.367. The number of aliphatic carboxylic acids is 1. The van der Waals surface area contributed by atoms with Gasteiger partial charge in [0.05, 0.1) is 22.8 Å². The molecule has 0 aliphatic rings. The van der Waals surface area contributed by atoms with Gasteiger partial charge < -0.3 is 9.84 Å². The van der Waals surface area contributed by atoms with Crippen molar-refractivity contribution in [3.63, 3.8) is 0 Å².